The molecule has 2 N–H and O–H groups in total. The molecule has 15 heavy (non-hydrogen) atoms. The Hall–Kier alpha value is -1.31. The predicted octanol–water partition coefficient (Wildman–Crippen LogP) is 2.81. The largest absolute Gasteiger partial charge is 0.399 e. The Kier molecular flexibility index (Phi) is 2.51. The molecule has 0 spiro atoms. The van der Waals surface area contributed by atoms with Gasteiger partial charge in [0, 0.05) is 17.2 Å². The summed E-state index contributed by atoms with van der Waals surface area (Å²) in [5, 5.41) is 0. The van der Waals surface area contributed by atoms with Crippen molar-refractivity contribution in [3.8, 4) is 0 Å². The maximum absolute atomic E-state index is 12.1. The summed E-state index contributed by atoms with van der Waals surface area (Å²) in [6, 6.07) is 5.53. The number of ketones is 1. The quantitative estimate of drug-likeness (QED) is 0.606. The van der Waals surface area contributed by atoms with E-state index < -0.39 is 0 Å². The molecule has 0 heterocycles. The minimum atomic E-state index is 0.173. The van der Waals surface area contributed by atoms with Gasteiger partial charge in [-0.2, -0.15) is 0 Å². The van der Waals surface area contributed by atoms with Crippen molar-refractivity contribution in [2.75, 3.05) is 5.73 Å². The number of nitrogen functional groups attached to an aromatic ring is 1. The van der Waals surface area contributed by atoms with Gasteiger partial charge in [-0.05, 0) is 49.4 Å². The molecule has 0 amide bonds. The molecule has 0 bridgehead atoms. The third-order valence-corrected chi connectivity index (χ3v) is 3.26. The average molecular weight is 203 g/mol. The van der Waals surface area contributed by atoms with Crippen molar-refractivity contribution < 1.29 is 4.79 Å². The lowest BCUT2D eigenvalue weighted by Gasteiger charge is -2.11. The fraction of sp³-hybridized carbons (Fsp3) is 0.462. The van der Waals surface area contributed by atoms with Crippen LogP contribution in [0.25, 0.3) is 0 Å². The van der Waals surface area contributed by atoms with Crippen LogP contribution in [0.5, 0.6) is 0 Å². The third kappa shape index (κ3) is 2.04. The predicted molar refractivity (Wildman–Crippen MR) is 61.8 cm³/mol. The molecule has 1 aromatic rings. The minimum absolute atomic E-state index is 0.173. The first kappa shape index (κ1) is 10.2. The Bertz CT molecular complexity index is 394. The highest BCUT2D eigenvalue weighted by Gasteiger charge is 2.33. The molecule has 1 unspecified atom stereocenters. The summed E-state index contributed by atoms with van der Waals surface area (Å²) < 4.78 is 0. The van der Waals surface area contributed by atoms with Gasteiger partial charge in [-0.1, -0.05) is 6.92 Å². The van der Waals surface area contributed by atoms with Crippen LogP contribution in [0.15, 0.2) is 18.2 Å². The van der Waals surface area contributed by atoms with Gasteiger partial charge in [0.15, 0.2) is 5.78 Å². The zero-order valence-corrected chi connectivity index (χ0v) is 9.29. The SMILES string of the molecule is Cc1cc(N)ccc1C(=O)C(C)C1CC1. The average Bonchev–Trinajstić information content (AvgIpc) is 2.99. The summed E-state index contributed by atoms with van der Waals surface area (Å²) in [6.07, 6.45) is 2.42. The lowest BCUT2D eigenvalue weighted by Crippen LogP contribution is -2.14. The van der Waals surface area contributed by atoms with Crippen LogP contribution in [0, 0.1) is 18.8 Å². The Morgan fingerprint density at radius 3 is 2.67 bits per heavy atom. The second kappa shape index (κ2) is 3.69. The van der Waals surface area contributed by atoms with Crippen LogP contribution in [-0.4, -0.2) is 5.78 Å². The third-order valence-electron chi connectivity index (χ3n) is 3.26. The smallest absolute Gasteiger partial charge is 0.166 e. The number of aryl methyl sites for hydroxylation is 1. The molecule has 0 aromatic heterocycles. The number of Topliss-reactive ketones (excluding diaryl/α,β-unsaturated/α-hetero) is 1. The first-order valence-corrected chi connectivity index (χ1v) is 5.50. The zero-order valence-electron chi connectivity index (χ0n) is 9.29. The molecule has 0 radical (unpaired) electrons. The fourth-order valence-corrected chi connectivity index (χ4v) is 2.02. The molecule has 2 heteroatoms. The van der Waals surface area contributed by atoms with Crippen LogP contribution in [0.1, 0.15) is 35.7 Å². The maximum Gasteiger partial charge on any atom is 0.166 e. The number of hydrogen-bond acceptors (Lipinski definition) is 2. The lowest BCUT2D eigenvalue weighted by molar-refractivity contribution is 0.0915. The van der Waals surface area contributed by atoms with Gasteiger partial charge in [-0.25, -0.2) is 0 Å². The lowest BCUT2D eigenvalue weighted by atomic mass is 9.92. The highest BCUT2D eigenvalue weighted by atomic mass is 16.1. The van der Waals surface area contributed by atoms with E-state index in [1.165, 1.54) is 12.8 Å². The number of carbonyl (C=O) groups excluding carboxylic acids is 1. The standard InChI is InChI=1S/C13H17NO/c1-8-7-11(14)5-6-12(8)13(15)9(2)10-3-4-10/h5-7,9-10H,3-4,14H2,1-2H3. The second-order valence-electron chi connectivity index (χ2n) is 4.56. The van der Waals surface area contributed by atoms with E-state index in [9.17, 15) is 4.79 Å². The molecule has 1 saturated carbocycles. The van der Waals surface area contributed by atoms with Gasteiger partial charge in [0.05, 0.1) is 0 Å². The maximum atomic E-state index is 12.1. The Morgan fingerprint density at radius 1 is 1.47 bits per heavy atom. The van der Waals surface area contributed by atoms with Crippen LogP contribution in [0.3, 0.4) is 0 Å². The summed E-state index contributed by atoms with van der Waals surface area (Å²) in [5.74, 6) is 1.07. The van der Waals surface area contributed by atoms with Crippen LogP contribution >= 0.6 is 0 Å². The van der Waals surface area contributed by atoms with Gasteiger partial charge in [0.1, 0.15) is 0 Å². The molecule has 1 aromatic carbocycles. The number of benzene rings is 1. The minimum Gasteiger partial charge on any atom is -0.399 e. The molecule has 1 aliphatic carbocycles. The molecule has 80 valence electrons. The molecule has 1 atom stereocenters. The number of anilines is 1. The highest BCUT2D eigenvalue weighted by molar-refractivity contribution is 5.99. The van der Waals surface area contributed by atoms with E-state index in [4.69, 9.17) is 5.73 Å². The summed E-state index contributed by atoms with van der Waals surface area (Å²) in [4.78, 5) is 12.1. The number of rotatable bonds is 3. The molecule has 2 rings (SSSR count). The Balaban J connectivity index is 2.24. The molecular formula is C13H17NO. The summed E-state index contributed by atoms with van der Waals surface area (Å²) in [6.45, 7) is 3.99. The van der Waals surface area contributed by atoms with E-state index in [1.807, 2.05) is 26.0 Å². The van der Waals surface area contributed by atoms with E-state index in [0.29, 0.717) is 5.92 Å². The van der Waals surface area contributed by atoms with E-state index in [2.05, 4.69) is 0 Å². The molecule has 0 aliphatic heterocycles. The van der Waals surface area contributed by atoms with Crippen LogP contribution in [0.2, 0.25) is 0 Å². The Morgan fingerprint density at radius 2 is 2.13 bits per heavy atom. The Labute approximate surface area is 90.5 Å². The number of nitrogens with two attached hydrogens (primary N) is 1. The first-order valence-electron chi connectivity index (χ1n) is 5.50. The van der Waals surface area contributed by atoms with E-state index in [1.54, 1.807) is 6.07 Å². The summed E-state index contributed by atoms with van der Waals surface area (Å²) >= 11 is 0. The van der Waals surface area contributed by atoms with Crippen molar-refractivity contribution in [3.05, 3.63) is 29.3 Å². The van der Waals surface area contributed by atoms with Gasteiger partial charge in [0.25, 0.3) is 0 Å². The van der Waals surface area contributed by atoms with E-state index in [-0.39, 0.29) is 11.7 Å². The van der Waals surface area contributed by atoms with E-state index >= 15 is 0 Å². The number of carbonyl (C=O) groups is 1. The summed E-state index contributed by atoms with van der Waals surface area (Å²) in [5.41, 5.74) is 8.22. The highest BCUT2D eigenvalue weighted by Crippen LogP contribution is 2.38. The van der Waals surface area contributed by atoms with Crippen LogP contribution in [0.4, 0.5) is 5.69 Å². The number of hydrogen-bond donors (Lipinski definition) is 1. The molecular weight excluding hydrogens is 186 g/mol. The van der Waals surface area contributed by atoms with Crippen molar-refractivity contribution in [3.63, 3.8) is 0 Å². The monoisotopic (exact) mass is 203 g/mol. The van der Waals surface area contributed by atoms with Gasteiger partial charge in [-0.3, -0.25) is 4.79 Å². The van der Waals surface area contributed by atoms with Gasteiger partial charge in [-0.15, -0.1) is 0 Å². The molecule has 1 aliphatic rings. The van der Waals surface area contributed by atoms with Gasteiger partial charge in [0.2, 0.25) is 0 Å². The first-order chi connectivity index (χ1) is 7.09. The van der Waals surface area contributed by atoms with Crippen LogP contribution in [-0.2, 0) is 0 Å². The normalized spacial score (nSPS) is 17.5. The van der Waals surface area contributed by atoms with Gasteiger partial charge < -0.3 is 5.73 Å². The fourth-order valence-electron chi connectivity index (χ4n) is 2.02. The topological polar surface area (TPSA) is 43.1 Å². The van der Waals surface area contributed by atoms with Crippen molar-refractivity contribution in [2.24, 2.45) is 11.8 Å². The molecule has 1 fully saturated rings. The van der Waals surface area contributed by atoms with Crippen molar-refractivity contribution in [1.82, 2.24) is 0 Å². The van der Waals surface area contributed by atoms with Crippen molar-refractivity contribution in [2.45, 2.75) is 26.7 Å². The van der Waals surface area contributed by atoms with Crippen molar-refractivity contribution >= 4 is 11.5 Å². The summed E-state index contributed by atoms with van der Waals surface area (Å²) in [7, 11) is 0. The zero-order chi connectivity index (χ0) is 11.0. The molecule has 2 nitrogen and oxygen atoms in total. The van der Waals surface area contributed by atoms with Crippen molar-refractivity contribution in [1.29, 1.82) is 0 Å². The molecule has 0 saturated heterocycles. The van der Waals surface area contributed by atoms with Gasteiger partial charge >= 0.3 is 0 Å². The second-order valence-corrected chi connectivity index (χ2v) is 4.56. The van der Waals surface area contributed by atoms with E-state index in [0.717, 1.165) is 16.8 Å². The van der Waals surface area contributed by atoms with Crippen LogP contribution < -0.4 is 5.73 Å².